The lowest BCUT2D eigenvalue weighted by Gasteiger charge is -2.01. The number of aromatic nitrogens is 1. The standard InChI is InChI=1S/C10H8NO2/c1-2-5-11-10(3-1)13-8-9-4-6-12-7-9/h1-5,7H,8H2. The van der Waals surface area contributed by atoms with Crippen LogP contribution in [0.1, 0.15) is 5.56 Å². The van der Waals surface area contributed by atoms with Crippen LogP contribution in [0.5, 0.6) is 5.88 Å². The topological polar surface area (TPSA) is 35.3 Å². The van der Waals surface area contributed by atoms with Crippen molar-refractivity contribution in [1.82, 2.24) is 4.98 Å². The highest BCUT2D eigenvalue weighted by molar-refractivity contribution is 5.11. The Bertz CT molecular complexity index is 342. The molecule has 0 amide bonds. The van der Waals surface area contributed by atoms with Crippen LogP contribution in [0.2, 0.25) is 0 Å². The molecule has 0 atom stereocenters. The molecule has 2 heterocycles. The van der Waals surface area contributed by atoms with Crippen LogP contribution < -0.4 is 4.74 Å². The second-order valence-electron chi connectivity index (χ2n) is 2.53. The predicted molar refractivity (Wildman–Crippen MR) is 46.1 cm³/mol. The van der Waals surface area contributed by atoms with E-state index in [2.05, 4.69) is 11.2 Å². The van der Waals surface area contributed by atoms with Gasteiger partial charge in [0.1, 0.15) is 6.61 Å². The number of rotatable bonds is 3. The monoisotopic (exact) mass is 174 g/mol. The lowest BCUT2D eigenvalue weighted by atomic mass is 10.4. The minimum atomic E-state index is 0.462. The minimum Gasteiger partial charge on any atom is -0.473 e. The fraction of sp³-hybridized carbons (Fsp3) is 0.100. The summed E-state index contributed by atoms with van der Waals surface area (Å²) in [5.74, 6) is 0.615. The molecule has 0 aliphatic carbocycles. The van der Waals surface area contributed by atoms with Crippen molar-refractivity contribution in [2.45, 2.75) is 6.61 Å². The van der Waals surface area contributed by atoms with Gasteiger partial charge in [-0.1, -0.05) is 6.07 Å². The van der Waals surface area contributed by atoms with Crippen LogP contribution in [0.15, 0.2) is 41.1 Å². The first-order valence-electron chi connectivity index (χ1n) is 3.92. The van der Waals surface area contributed by atoms with E-state index < -0.39 is 0 Å². The van der Waals surface area contributed by atoms with Gasteiger partial charge in [0.15, 0.2) is 6.26 Å². The Balaban J connectivity index is 1.94. The smallest absolute Gasteiger partial charge is 0.213 e. The Morgan fingerprint density at radius 1 is 1.46 bits per heavy atom. The van der Waals surface area contributed by atoms with Crippen molar-refractivity contribution in [1.29, 1.82) is 0 Å². The van der Waals surface area contributed by atoms with E-state index >= 15 is 0 Å². The zero-order chi connectivity index (χ0) is 8.93. The molecule has 2 rings (SSSR count). The zero-order valence-corrected chi connectivity index (χ0v) is 6.93. The highest BCUT2D eigenvalue weighted by Gasteiger charge is 1.96. The molecule has 65 valence electrons. The van der Waals surface area contributed by atoms with Crippen molar-refractivity contribution in [3.8, 4) is 5.88 Å². The minimum absolute atomic E-state index is 0.462. The van der Waals surface area contributed by atoms with Gasteiger partial charge < -0.3 is 9.15 Å². The van der Waals surface area contributed by atoms with Gasteiger partial charge in [-0.2, -0.15) is 0 Å². The van der Waals surface area contributed by atoms with E-state index in [4.69, 9.17) is 9.15 Å². The summed E-state index contributed by atoms with van der Waals surface area (Å²) in [6.45, 7) is 0.462. The molecule has 0 spiro atoms. The van der Waals surface area contributed by atoms with Gasteiger partial charge in [0.05, 0.1) is 6.26 Å². The molecule has 0 fully saturated rings. The van der Waals surface area contributed by atoms with Crippen molar-refractivity contribution >= 4 is 0 Å². The maximum Gasteiger partial charge on any atom is 0.213 e. The van der Waals surface area contributed by atoms with Gasteiger partial charge in [-0.05, 0) is 12.1 Å². The molecule has 0 aliphatic heterocycles. The molecule has 1 radical (unpaired) electrons. The van der Waals surface area contributed by atoms with E-state index in [0.29, 0.717) is 12.5 Å². The van der Waals surface area contributed by atoms with Gasteiger partial charge in [-0.25, -0.2) is 4.98 Å². The average Bonchev–Trinajstić information content (AvgIpc) is 2.69. The van der Waals surface area contributed by atoms with Gasteiger partial charge in [0.25, 0.3) is 0 Å². The molecular weight excluding hydrogens is 166 g/mol. The van der Waals surface area contributed by atoms with Crippen LogP contribution in [-0.2, 0) is 6.61 Å². The molecule has 0 saturated carbocycles. The van der Waals surface area contributed by atoms with E-state index in [9.17, 15) is 0 Å². The summed E-state index contributed by atoms with van der Waals surface area (Å²) in [5, 5.41) is 0. The molecular formula is C10H8NO2. The fourth-order valence-corrected chi connectivity index (χ4v) is 0.919. The highest BCUT2D eigenvalue weighted by atomic mass is 16.5. The Hall–Kier alpha value is -1.77. The maximum absolute atomic E-state index is 5.36. The van der Waals surface area contributed by atoms with Crippen LogP contribution in [0.25, 0.3) is 0 Å². The zero-order valence-electron chi connectivity index (χ0n) is 6.93. The summed E-state index contributed by atoms with van der Waals surface area (Å²) >= 11 is 0. The van der Waals surface area contributed by atoms with Gasteiger partial charge in [-0.3, -0.25) is 0 Å². The largest absolute Gasteiger partial charge is 0.473 e. The third-order valence-electron chi connectivity index (χ3n) is 1.55. The number of hydrogen-bond donors (Lipinski definition) is 0. The fourth-order valence-electron chi connectivity index (χ4n) is 0.919. The highest BCUT2D eigenvalue weighted by Crippen LogP contribution is 2.07. The number of nitrogens with zero attached hydrogens (tertiary/aromatic N) is 1. The first kappa shape index (κ1) is 7.86. The first-order chi connectivity index (χ1) is 6.45. The van der Waals surface area contributed by atoms with E-state index in [1.165, 1.54) is 0 Å². The molecule has 0 unspecified atom stereocenters. The van der Waals surface area contributed by atoms with E-state index in [1.54, 1.807) is 18.5 Å². The van der Waals surface area contributed by atoms with Crippen molar-refractivity contribution < 1.29 is 9.15 Å². The van der Waals surface area contributed by atoms with Gasteiger partial charge in [0, 0.05) is 17.8 Å². The van der Waals surface area contributed by atoms with Crippen LogP contribution in [-0.4, -0.2) is 4.98 Å². The van der Waals surface area contributed by atoms with E-state index in [1.807, 2.05) is 18.2 Å². The number of furan rings is 1. The summed E-state index contributed by atoms with van der Waals surface area (Å²) in [7, 11) is 0. The molecule has 13 heavy (non-hydrogen) atoms. The van der Waals surface area contributed by atoms with Gasteiger partial charge in [0.2, 0.25) is 5.88 Å². The molecule has 0 saturated heterocycles. The van der Waals surface area contributed by atoms with Crippen LogP contribution >= 0.6 is 0 Å². The Morgan fingerprint density at radius 2 is 2.46 bits per heavy atom. The lowest BCUT2D eigenvalue weighted by molar-refractivity contribution is 0.292. The van der Waals surface area contributed by atoms with Crippen LogP contribution in [0.3, 0.4) is 0 Å². The quantitative estimate of drug-likeness (QED) is 0.714. The van der Waals surface area contributed by atoms with Crippen LogP contribution in [0.4, 0.5) is 0 Å². The lowest BCUT2D eigenvalue weighted by Crippen LogP contribution is -1.94. The number of pyridine rings is 1. The van der Waals surface area contributed by atoms with Crippen LogP contribution in [0, 0.1) is 6.26 Å². The van der Waals surface area contributed by atoms with Crippen molar-refractivity contribution in [2.24, 2.45) is 0 Å². The third kappa shape index (κ3) is 2.08. The van der Waals surface area contributed by atoms with E-state index in [-0.39, 0.29) is 0 Å². The van der Waals surface area contributed by atoms with Gasteiger partial charge >= 0.3 is 0 Å². The summed E-state index contributed by atoms with van der Waals surface area (Å²) < 4.78 is 10.1. The molecule has 0 aromatic carbocycles. The normalized spacial score (nSPS) is 9.85. The number of ether oxygens (including phenoxy) is 1. The average molecular weight is 174 g/mol. The summed E-state index contributed by atoms with van der Waals surface area (Å²) in [6, 6.07) is 7.27. The van der Waals surface area contributed by atoms with E-state index in [0.717, 1.165) is 5.56 Å². The second-order valence-corrected chi connectivity index (χ2v) is 2.53. The molecule has 3 heteroatoms. The summed E-state index contributed by atoms with van der Waals surface area (Å²) in [4.78, 5) is 4.02. The first-order valence-corrected chi connectivity index (χ1v) is 3.92. The molecule has 2 aromatic rings. The SMILES string of the molecule is [c]1cc(COc2ccccn2)co1. The molecule has 0 aliphatic rings. The van der Waals surface area contributed by atoms with Crippen molar-refractivity contribution in [3.63, 3.8) is 0 Å². The second kappa shape index (κ2) is 3.76. The molecule has 0 bridgehead atoms. The Labute approximate surface area is 76.0 Å². The number of hydrogen-bond acceptors (Lipinski definition) is 3. The third-order valence-corrected chi connectivity index (χ3v) is 1.55. The van der Waals surface area contributed by atoms with Crippen molar-refractivity contribution in [3.05, 3.63) is 48.6 Å². The molecule has 2 aromatic heterocycles. The molecule has 0 N–H and O–H groups in total. The summed E-state index contributed by atoms with van der Waals surface area (Å²) in [6.07, 6.45) is 5.88. The molecule has 3 nitrogen and oxygen atoms in total. The van der Waals surface area contributed by atoms with Crippen molar-refractivity contribution in [2.75, 3.05) is 0 Å². The Morgan fingerprint density at radius 3 is 3.15 bits per heavy atom. The summed E-state index contributed by atoms with van der Waals surface area (Å²) in [5.41, 5.74) is 0.950. The Kier molecular flexibility index (Phi) is 2.27. The predicted octanol–water partition coefficient (Wildman–Crippen LogP) is 2.05. The maximum atomic E-state index is 5.36. The van der Waals surface area contributed by atoms with Gasteiger partial charge in [-0.15, -0.1) is 0 Å².